The number of benzene rings is 2. The molecule has 0 unspecified atom stereocenters. The Balaban J connectivity index is 2.06. The maximum absolute atomic E-state index is 11.1. The molecule has 1 amide bonds. The summed E-state index contributed by atoms with van der Waals surface area (Å²) in [5.74, 6) is 0.293. The third-order valence-electron chi connectivity index (χ3n) is 3.57. The van der Waals surface area contributed by atoms with E-state index >= 15 is 0 Å². The van der Waals surface area contributed by atoms with E-state index in [2.05, 4.69) is 42.5 Å². The minimum Gasteiger partial charge on any atom is -0.340 e. The number of hydrogen-bond acceptors (Lipinski definition) is 1. The Bertz CT molecular complexity index is 550. The largest absolute Gasteiger partial charge is 0.340 e. The van der Waals surface area contributed by atoms with Crippen molar-refractivity contribution in [2.75, 3.05) is 6.54 Å². The highest BCUT2D eigenvalue weighted by Crippen LogP contribution is 2.32. The van der Waals surface area contributed by atoms with Crippen molar-refractivity contribution >= 4 is 6.41 Å². The summed E-state index contributed by atoms with van der Waals surface area (Å²) in [7, 11) is 0. The molecule has 2 aromatic carbocycles. The van der Waals surface area contributed by atoms with E-state index in [0.29, 0.717) is 5.92 Å². The fourth-order valence-corrected chi connectivity index (χ4v) is 2.68. The molecule has 18 heavy (non-hydrogen) atoms. The van der Waals surface area contributed by atoms with Gasteiger partial charge in [-0.2, -0.15) is 0 Å². The van der Waals surface area contributed by atoms with Gasteiger partial charge in [-0.3, -0.25) is 4.79 Å². The van der Waals surface area contributed by atoms with Gasteiger partial charge < -0.3 is 4.90 Å². The van der Waals surface area contributed by atoms with E-state index < -0.39 is 0 Å². The Morgan fingerprint density at radius 2 is 1.72 bits per heavy atom. The zero-order valence-corrected chi connectivity index (χ0v) is 10.1. The van der Waals surface area contributed by atoms with E-state index in [-0.39, 0.29) is 0 Å². The van der Waals surface area contributed by atoms with Crippen molar-refractivity contribution in [3.8, 4) is 0 Å². The third-order valence-corrected chi connectivity index (χ3v) is 3.57. The van der Waals surface area contributed by atoms with Gasteiger partial charge in [0.2, 0.25) is 6.41 Å². The van der Waals surface area contributed by atoms with Crippen LogP contribution in [0.1, 0.15) is 22.6 Å². The first-order chi connectivity index (χ1) is 8.88. The van der Waals surface area contributed by atoms with Gasteiger partial charge in [0.25, 0.3) is 0 Å². The Hall–Kier alpha value is -2.09. The third kappa shape index (κ3) is 1.90. The second kappa shape index (κ2) is 4.65. The summed E-state index contributed by atoms with van der Waals surface area (Å²) in [6.07, 6.45) is 0.950. The molecule has 0 aliphatic carbocycles. The predicted octanol–water partition coefficient (Wildman–Crippen LogP) is 2.79. The van der Waals surface area contributed by atoms with Crippen LogP contribution in [0.3, 0.4) is 0 Å². The Kier molecular flexibility index (Phi) is 2.85. The van der Waals surface area contributed by atoms with Gasteiger partial charge in [-0.15, -0.1) is 0 Å². The summed E-state index contributed by atoms with van der Waals surface area (Å²) in [6, 6.07) is 18.8. The molecule has 0 aromatic heterocycles. The van der Waals surface area contributed by atoms with Crippen molar-refractivity contribution in [2.24, 2.45) is 0 Å². The second-order valence-electron chi connectivity index (χ2n) is 4.70. The van der Waals surface area contributed by atoms with Gasteiger partial charge in [0.05, 0.1) is 0 Å². The van der Waals surface area contributed by atoms with Gasteiger partial charge in [0.1, 0.15) is 0 Å². The van der Waals surface area contributed by atoms with Gasteiger partial charge in [-0.1, -0.05) is 54.6 Å². The number of fused-ring (bicyclic) bond motifs is 1. The van der Waals surface area contributed by atoms with E-state index in [1.807, 2.05) is 17.0 Å². The normalized spacial score (nSPS) is 18.2. The summed E-state index contributed by atoms with van der Waals surface area (Å²) >= 11 is 0. The van der Waals surface area contributed by atoms with Crippen molar-refractivity contribution < 1.29 is 4.79 Å². The highest BCUT2D eigenvalue weighted by Gasteiger charge is 2.25. The van der Waals surface area contributed by atoms with Gasteiger partial charge in [-0.25, -0.2) is 0 Å². The van der Waals surface area contributed by atoms with E-state index in [0.717, 1.165) is 19.5 Å². The molecule has 0 N–H and O–H groups in total. The molecule has 0 saturated carbocycles. The number of carbonyl (C=O) groups excluding carboxylic acids is 1. The van der Waals surface area contributed by atoms with Crippen LogP contribution < -0.4 is 0 Å². The maximum atomic E-state index is 11.1. The summed E-state index contributed by atoms with van der Waals surface area (Å²) in [5, 5.41) is 0. The number of carbonyl (C=O) groups is 1. The zero-order chi connectivity index (χ0) is 12.4. The van der Waals surface area contributed by atoms with Gasteiger partial charge >= 0.3 is 0 Å². The van der Waals surface area contributed by atoms with E-state index in [1.54, 1.807) is 0 Å². The molecule has 2 aromatic rings. The van der Waals surface area contributed by atoms with E-state index in [9.17, 15) is 4.79 Å². The number of amides is 1. The average Bonchev–Trinajstić information content (AvgIpc) is 2.47. The molecule has 90 valence electrons. The maximum Gasteiger partial charge on any atom is 0.210 e. The monoisotopic (exact) mass is 237 g/mol. The molecule has 2 nitrogen and oxygen atoms in total. The van der Waals surface area contributed by atoms with Crippen LogP contribution in [0.4, 0.5) is 0 Å². The van der Waals surface area contributed by atoms with Gasteiger partial charge in [0.15, 0.2) is 0 Å². The fourth-order valence-electron chi connectivity index (χ4n) is 2.68. The molecule has 0 radical (unpaired) electrons. The first-order valence-electron chi connectivity index (χ1n) is 6.20. The summed E-state index contributed by atoms with van der Waals surface area (Å²) in [6.45, 7) is 1.49. The molecule has 1 atom stereocenters. The van der Waals surface area contributed by atoms with Crippen LogP contribution in [-0.2, 0) is 11.3 Å². The molecule has 3 rings (SSSR count). The minimum atomic E-state index is 0.293. The lowest BCUT2D eigenvalue weighted by Gasteiger charge is -2.32. The van der Waals surface area contributed by atoms with Crippen LogP contribution in [0, 0.1) is 0 Å². The molecule has 0 bridgehead atoms. The average molecular weight is 237 g/mol. The topological polar surface area (TPSA) is 20.3 Å². The number of rotatable bonds is 2. The van der Waals surface area contributed by atoms with E-state index in [1.165, 1.54) is 16.7 Å². The van der Waals surface area contributed by atoms with Crippen molar-refractivity contribution in [3.05, 3.63) is 71.3 Å². The highest BCUT2D eigenvalue weighted by atomic mass is 16.1. The highest BCUT2D eigenvalue weighted by molar-refractivity contribution is 5.51. The molecular formula is C16H15NO. The second-order valence-corrected chi connectivity index (χ2v) is 4.70. The summed E-state index contributed by atoms with van der Waals surface area (Å²) < 4.78 is 0. The first-order valence-corrected chi connectivity index (χ1v) is 6.20. The Labute approximate surface area is 107 Å². The van der Waals surface area contributed by atoms with Crippen LogP contribution >= 0.6 is 0 Å². The molecule has 2 heteroatoms. The summed E-state index contributed by atoms with van der Waals surface area (Å²) in [5.41, 5.74) is 3.88. The van der Waals surface area contributed by atoms with Crippen molar-refractivity contribution in [1.29, 1.82) is 0 Å². The van der Waals surface area contributed by atoms with E-state index in [4.69, 9.17) is 0 Å². The minimum absolute atomic E-state index is 0.293. The summed E-state index contributed by atoms with van der Waals surface area (Å²) in [4.78, 5) is 12.9. The number of hydrogen-bond donors (Lipinski definition) is 0. The van der Waals surface area contributed by atoms with Crippen LogP contribution in [0.2, 0.25) is 0 Å². The first kappa shape index (κ1) is 11.0. The molecule has 1 heterocycles. The fraction of sp³-hybridized carbons (Fsp3) is 0.188. The smallest absolute Gasteiger partial charge is 0.210 e. The Morgan fingerprint density at radius 1 is 1.00 bits per heavy atom. The lowest BCUT2D eigenvalue weighted by Crippen LogP contribution is -2.32. The molecule has 0 saturated heterocycles. The van der Waals surface area contributed by atoms with Crippen LogP contribution in [0.25, 0.3) is 0 Å². The Morgan fingerprint density at radius 3 is 2.50 bits per heavy atom. The van der Waals surface area contributed by atoms with Gasteiger partial charge in [-0.05, 0) is 16.7 Å². The van der Waals surface area contributed by atoms with Crippen molar-refractivity contribution in [3.63, 3.8) is 0 Å². The van der Waals surface area contributed by atoms with Crippen molar-refractivity contribution in [2.45, 2.75) is 12.5 Å². The standard InChI is InChI=1S/C16H15NO/c18-12-17-10-14-8-4-5-9-15(14)16(11-17)13-6-2-1-3-7-13/h1-9,12,16H,10-11H2/t16-/m0/s1. The van der Waals surface area contributed by atoms with Gasteiger partial charge in [0, 0.05) is 19.0 Å². The quantitative estimate of drug-likeness (QED) is 0.735. The lowest BCUT2D eigenvalue weighted by atomic mass is 9.85. The van der Waals surface area contributed by atoms with Crippen LogP contribution in [0.15, 0.2) is 54.6 Å². The number of nitrogens with zero attached hydrogens (tertiary/aromatic N) is 1. The van der Waals surface area contributed by atoms with Crippen molar-refractivity contribution in [1.82, 2.24) is 4.90 Å². The van der Waals surface area contributed by atoms with Crippen LogP contribution in [-0.4, -0.2) is 17.9 Å². The SMILES string of the molecule is O=CN1Cc2ccccc2[C@H](c2ccccc2)C1. The molecule has 1 aliphatic rings. The lowest BCUT2D eigenvalue weighted by molar-refractivity contribution is -0.119. The molecular weight excluding hydrogens is 222 g/mol. The predicted molar refractivity (Wildman–Crippen MR) is 71.2 cm³/mol. The van der Waals surface area contributed by atoms with Crippen LogP contribution in [0.5, 0.6) is 0 Å². The molecule has 0 spiro atoms. The molecule has 1 aliphatic heterocycles. The zero-order valence-electron chi connectivity index (χ0n) is 10.1. The molecule has 0 fully saturated rings.